The lowest BCUT2D eigenvalue weighted by Gasteiger charge is -2.28. The van der Waals surface area contributed by atoms with Gasteiger partial charge in [0.15, 0.2) is 0 Å². The Morgan fingerprint density at radius 1 is 0.453 bits per heavy atom. The van der Waals surface area contributed by atoms with Crippen LogP contribution in [-0.4, -0.2) is 46.1 Å². The summed E-state index contributed by atoms with van der Waals surface area (Å²) < 4.78 is 0. The molecular formula is C43H44Cl2N8. The molecule has 2 aromatic heterocycles. The molecule has 0 bridgehead atoms. The van der Waals surface area contributed by atoms with E-state index < -0.39 is 0 Å². The minimum absolute atomic E-state index is 0.0377. The zero-order valence-electron chi connectivity index (χ0n) is 29.9. The molecule has 4 aliphatic rings. The molecule has 2 aliphatic carbocycles. The number of aromatic nitrogens is 4. The van der Waals surface area contributed by atoms with E-state index in [1.54, 1.807) is 0 Å². The van der Waals surface area contributed by atoms with Gasteiger partial charge in [0.05, 0.1) is 22.1 Å². The van der Waals surface area contributed by atoms with Crippen molar-refractivity contribution in [2.75, 3.05) is 46.6 Å². The van der Waals surface area contributed by atoms with Crippen molar-refractivity contribution in [3.63, 3.8) is 0 Å². The summed E-state index contributed by atoms with van der Waals surface area (Å²) >= 11 is 12.1. The predicted molar refractivity (Wildman–Crippen MR) is 219 cm³/mol. The third-order valence-electron chi connectivity index (χ3n) is 11.2. The van der Waals surface area contributed by atoms with E-state index >= 15 is 0 Å². The normalized spacial score (nSPS) is 18.4. The predicted octanol–water partition coefficient (Wildman–Crippen LogP) is 10.4. The minimum Gasteiger partial charge on any atom is -0.360 e. The average Bonchev–Trinajstić information content (AvgIpc) is 4.10. The van der Waals surface area contributed by atoms with Crippen LogP contribution in [0.25, 0.3) is 21.8 Å². The van der Waals surface area contributed by atoms with Crippen LogP contribution >= 0.6 is 23.2 Å². The Labute approximate surface area is 321 Å². The van der Waals surface area contributed by atoms with Gasteiger partial charge < -0.3 is 20.4 Å². The highest BCUT2D eigenvalue weighted by atomic mass is 35.5. The smallest absolute Gasteiger partial charge is 0.227 e. The lowest BCUT2D eigenvalue weighted by Crippen LogP contribution is -2.31. The zero-order valence-corrected chi connectivity index (χ0v) is 31.4. The van der Waals surface area contributed by atoms with E-state index in [1.165, 1.54) is 43.2 Å². The van der Waals surface area contributed by atoms with E-state index in [0.29, 0.717) is 0 Å². The van der Waals surface area contributed by atoms with Crippen molar-refractivity contribution in [2.24, 2.45) is 0 Å². The molecule has 270 valence electrons. The fourth-order valence-corrected chi connectivity index (χ4v) is 8.08. The van der Waals surface area contributed by atoms with Crippen molar-refractivity contribution < 1.29 is 0 Å². The Kier molecular flexibility index (Phi) is 9.20. The lowest BCUT2D eigenvalue weighted by atomic mass is 10.0. The largest absolute Gasteiger partial charge is 0.360 e. The third kappa shape index (κ3) is 7.19. The Bertz CT molecular complexity index is 2220. The van der Waals surface area contributed by atoms with Gasteiger partial charge in [-0.15, -0.1) is 0 Å². The van der Waals surface area contributed by atoms with Gasteiger partial charge in [0.1, 0.15) is 11.6 Å². The number of anilines is 4. The molecule has 0 radical (unpaired) electrons. The first-order valence-corrected chi connectivity index (χ1v) is 19.8. The molecule has 6 aromatic rings. The second-order valence-electron chi connectivity index (χ2n) is 14.9. The number of fused-ring (bicyclic) bond motifs is 2. The molecule has 0 spiro atoms. The van der Waals surface area contributed by atoms with Gasteiger partial charge in [-0.2, -0.15) is 9.97 Å². The highest BCUT2D eigenvalue weighted by molar-refractivity contribution is 6.30. The second kappa shape index (κ2) is 14.3. The van der Waals surface area contributed by atoms with E-state index in [4.69, 9.17) is 43.1 Å². The zero-order chi connectivity index (χ0) is 35.8. The number of rotatable bonds is 8. The second-order valence-corrected chi connectivity index (χ2v) is 15.8. The maximum absolute atomic E-state index is 6.08. The number of para-hydroxylation sites is 2. The van der Waals surface area contributed by atoms with Crippen LogP contribution in [-0.2, 0) is 11.1 Å². The lowest BCUT2D eigenvalue weighted by molar-refractivity contribution is 0.569. The van der Waals surface area contributed by atoms with Gasteiger partial charge in [-0.25, -0.2) is 9.97 Å². The Morgan fingerprint density at radius 3 is 1.23 bits per heavy atom. The number of hydrogen-bond donors (Lipinski definition) is 2. The summed E-state index contributed by atoms with van der Waals surface area (Å²) in [5.41, 5.74) is 4.47. The first-order valence-electron chi connectivity index (χ1n) is 19.1. The van der Waals surface area contributed by atoms with Gasteiger partial charge in [-0.3, -0.25) is 0 Å². The molecule has 0 unspecified atom stereocenters. The molecule has 10 rings (SSSR count). The van der Waals surface area contributed by atoms with Crippen molar-refractivity contribution in [1.82, 2.24) is 19.9 Å². The van der Waals surface area contributed by atoms with Crippen LogP contribution in [0.15, 0.2) is 97.1 Å². The standard InChI is InChI=1S/C22H23ClN4.C21H21ClN4/c23-17-10-8-16(9-11-17)22(12-13-22)26-20-18-6-2-3-7-19(18)24-21(25-20)27-14-4-1-5-15-27;22-16-9-7-15(8-10-16)21(11-12-21)25-19-17-5-1-2-6-18(17)23-20(24-19)26-13-3-4-14-26/h2-3,6-11H,1,4-5,12-15H2,(H,24,25,26);1-2,5-10H,3-4,11-14H2,(H,23,24,25). The fraction of sp³-hybridized carbons (Fsp3) is 0.349. The highest BCUT2D eigenvalue weighted by Crippen LogP contribution is 2.50. The molecule has 2 saturated heterocycles. The van der Waals surface area contributed by atoms with Crippen molar-refractivity contribution in [3.8, 4) is 0 Å². The fourth-order valence-electron chi connectivity index (χ4n) is 7.83. The van der Waals surface area contributed by atoms with Crippen molar-refractivity contribution >= 4 is 68.5 Å². The molecule has 2 aliphatic heterocycles. The average molecular weight is 744 g/mol. The Hall–Kier alpha value is -4.66. The van der Waals surface area contributed by atoms with Gasteiger partial charge in [-0.1, -0.05) is 71.7 Å². The first-order chi connectivity index (χ1) is 26.0. The molecular weight excluding hydrogens is 699 g/mol. The van der Waals surface area contributed by atoms with Crippen LogP contribution < -0.4 is 20.4 Å². The summed E-state index contributed by atoms with van der Waals surface area (Å²) in [5, 5.41) is 11.2. The number of hydrogen-bond acceptors (Lipinski definition) is 8. The molecule has 4 fully saturated rings. The summed E-state index contributed by atoms with van der Waals surface area (Å²) in [4.78, 5) is 24.2. The van der Waals surface area contributed by atoms with Crippen LogP contribution in [0.5, 0.6) is 0 Å². The van der Waals surface area contributed by atoms with Crippen LogP contribution in [0.4, 0.5) is 23.5 Å². The summed E-state index contributed by atoms with van der Waals surface area (Å²) in [6, 6.07) is 32.9. The van der Waals surface area contributed by atoms with Crippen LogP contribution in [0.2, 0.25) is 10.0 Å². The summed E-state index contributed by atoms with van der Waals surface area (Å²) in [5.74, 6) is 3.57. The monoisotopic (exact) mass is 742 g/mol. The molecule has 2 N–H and O–H groups in total. The molecule has 10 heteroatoms. The number of nitrogens with one attached hydrogen (secondary N) is 2. The number of piperidine rings is 1. The molecule has 0 amide bonds. The van der Waals surface area contributed by atoms with E-state index in [-0.39, 0.29) is 11.1 Å². The molecule has 2 saturated carbocycles. The highest BCUT2D eigenvalue weighted by Gasteiger charge is 2.46. The minimum atomic E-state index is -0.0408. The quantitative estimate of drug-likeness (QED) is 0.160. The maximum atomic E-state index is 6.08. The SMILES string of the molecule is Clc1ccc(C2(Nc3nc(N4CCCC4)nc4ccccc34)CC2)cc1.Clc1ccc(C2(Nc3nc(N4CCCCC4)nc4ccccc34)CC2)cc1. The molecule has 4 heterocycles. The van der Waals surface area contributed by atoms with Crippen LogP contribution in [0, 0.1) is 0 Å². The van der Waals surface area contributed by atoms with Crippen molar-refractivity contribution in [1.29, 1.82) is 0 Å². The molecule has 0 atom stereocenters. The number of benzene rings is 4. The van der Waals surface area contributed by atoms with Gasteiger partial charge in [0, 0.05) is 47.0 Å². The van der Waals surface area contributed by atoms with Crippen LogP contribution in [0.3, 0.4) is 0 Å². The van der Waals surface area contributed by atoms with E-state index in [9.17, 15) is 0 Å². The maximum Gasteiger partial charge on any atom is 0.227 e. The molecule has 8 nitrogen and oxygen atoms in total. The van der Waals surface area contributed by atoms with E-state index in [1.807, 2.05) is 42.5 Å². The summed E-state index contributed by atoms with van der Waals surface area (Å²) in [7, 11) is 0. The summed E-state index contributed by atoms with van der Waals surface area (Å²) in [6.45, 7) is 4.17. The summed E-state index contributed by atoms with van der Waals surface area (Å²) in [6.07, 6.45) is 10.6. The van der Waals surface area contributed by atoms with Gasteiger partial charge in [0.25, 0.3) is 0 Å². The topological polar surface area (TPSA) is 82.1 Å². The Balaban J connectivity index is 0.000000141. The molecule has 53 heavy (non-hydrogen) atoms. The molecule has 4 aromatic carbocycles. The van der Waals surface area contributed by atoms with Crippen LogP contribution in [0.1, 0.15) is 68.9 Å². The third-order valence-corrected chi connectivity index (χ3v) is 11.7. The van der Waals surface area contributed by atoms with Crippen molar-refractivity contribution in [2.45, 2.75) is 68.9 Å². The number of nitrogens with zero attached hydrogens (tertiary/aromatic N) is 6. The van der Waals surface area contributed by atoms with Gasteiger partial charge in [-0.05, 0) is 117 Å². The van der Waals surface area contributed by atoms with Gasteiger partial charge >= 0.3 is 0 Å². The first kappa shape index (κ1) is 34.1. The number of halogens is 2. The van der Waals surface area contributed by atoms with Crippen molar-refractivity contribution in [3.05, 3.63) is 118 Å². The van der Waals surface area contributed by atoms with Gasteiger partial charge in [0.2, 0.25) is 11.9 Å². The van der Waals surface area contributed by atoms with E-state index in [2.05, 4.69) is 75.0 Å². The van der Waals surface area contributed by atoms with E-state index in [0.717, 1.165) is 107 Å². The Morgan fingerprint density at radius 2 is 0.830 bits per heavy atom.